The quantitative estimate of drug-likeness (QED) is 0.441. The maximum atomic E-state index is 6.82. The van der Waals surface area contributed by atoms with Crippen LogP contribution in [0.2, 0.25) is 16.6 Å². The number of nitrogens with two attached hydrogens (primary N) is 1. The fraction of sp³-hybridized carbons (Fsp3) is 0.882. The van der Waals surface area contributed by atoms with E-state index in [1.165, 1.54) is 0 Å². The molecule has 0 amide bonds. The van der Waals surface area contributed by atoms with E-state index in [9.17, 15) is 0 Å². The van der Waals surface area contributed by atoms with Crippen molar-refractivity contribution in [3.05, 3.63) is 12.7 Å². The van der Waals surface area contributed by atoms with Gasteiger partial charge in [-0.3, -0.25) is 0 Å². The lowest BCUT2D eigenvalue weighted by atomic mass is 10.0. The lowest BCUT2D eigenvalue weighted by Gasteiger charge is -2.45. The Balaban J connectivity index is 5.31. The molecule has 2 nitrogen and oxygen atoms in total. The summed E-state index contributed by atoms with van der Waals surface area (Å²) in [6.07, 6.45) is 5.09. The standard InChI is InChI=1S/C17H37NOSi/c1-9-11-16(18)17(12-10-2)19-20(13(3)4,14(5)6)15(7)8/h10,13-17H,2,9,11-12,18H2,1,3-8H3/t16-,17-/m0/s1. The highest BCUT2D eigenvalue weighted by atomic mass is 28.4. The van der Waals surface area contributed by atoms with Crippen LogP contribution in [0.3, 0.4) is 0 Å². The van der Waals surface area contributed by atoms with Crippen LogP contribution in [-0.2, 0) is 4.43 Å². The smallest absolute Gasteiger partial charge is 0.200 e. The van der Waals surface area contributed by atoms with Crippen LogP contribution in [0, 0.1) is 0 Å². The molecule has 0 aromatic heterocycles. The molecular formula is C17H37NOSi. The summed E-state index contributed by atoms with van der Waals surface area (Å²) in [5, 5.41) is 0. The van der Waals surface area contributed by atoms with Gasteiger partial charge in [0, 0.05) is 6.04 Å². The van der Waals surface area contributed by atoms with Gasteiger partial charge in [-0.05, 0) is 29.5 Å². The fourth-order valence-corrected chi connectivity index (χ4v) is 9.28. The molecule has 0 rings (SSSR count). The van der Waals surface area contributed by atoms with Gasteiger partial charge in [-0.1, -0.05) is 61.0 Å². The predicted octanol–water partition coefficient (Wildman–Crippen LogP) is 5.25. The minimum absolute atomic E-state index is 0.126. The van der Waals surface area contributed by atoms with Gasteiger partial charge in [-0.25, -0.2) is 0 Å². The average molecular weight is 300 g/mol. The topological polar surface area (TPSA) is 35.2 Å². The lowest BCUT2D eigenvalue weighted by molar-refractivity contribution is 0.144. The Morgan fingerprint density at radius 2 is 1.50 bits per heavy atom. The van der Waals surface area contributed by atoms with Crippen molar-refractivity contribution in [3.63, 3.8) is 0 Å². The van der Waals surface area contributed by atoms with E-state index in [1.807, 2.05) is 6.08 Å². The molecule has 0 aliphatic rings. The van der Waals surface area contributed by atoms with E-state index in [-0.39, 0.29) is 12.1 Å². The van der Waals surface area contributed by atoms with Crippen LogP contribution in [0.25, 0.3) is 0 Å². The van der Waals surface area contributed by atoms with E-state index in [0.717, 1.165) is 19.3 Å². The summed E-state index contributed by atoms with van der Waals surface area (Å²) >= 11 is 0. The van der Waals surface area contributed by atoms with Gasteiger partial charge in [-0.15, -0.1) is 6.58 Å². The molecule has 120 valence electrons. The van der Waals surface area contributed by atoms with Gasteiger partial charge in [0.05, 0.1) is 6.10 Å². The van der Waals surface area contributed by atoms with Gasteiger partial charge in [-0.2, -0.15) is 0 Å². The summed E-state index contributed by atoms with van der Waals surface area (Å²) in [5.41, 5.74) is 8.17. The zero-order chi connectivity index (χ0) is 15.9. The molecule has 0 aromatic rings. The van der Waals surface area contributed by atoms with Crippen LogP contribution in [-0.4, -0.2) is 20.5 Å². The van der Waals surface area contributed by atoms with Crippen molar-refractivity contribution in [2.24, 2.45) is 5.73 Å². The van der Waals surface area contributed by atoms with Crippen molar-refractivity contribution in [2.75, 3.05) is 0 Å². The first-order chi connectivity index (χ1) is 9.23. The van der Waals surface area contributed by atoms with Gasteiger partial charge in [0.15, 0.2) is 0 Å². The molecular weight excluding hydrogens is 262 g/mol. The molecule has 2 atom stereocenters. The van der Waals surface area contributed by atoms with Gasteiger partial charge in [0.25, 0.3) is 0 Å². The van der Waals surface area contributed by atoms with E-state index in [2.05, 4.69) is 55.0 Å². The van der Waals surface area contributed by atoms with Crippen molar-refractivity contribution >= 4 is 8.32 Å². The third-order valence-electron chi connectivity index (χ3n) is 4.56. The minimum Gasteiger partial charge on any atom is -0.411 e. The Kier molecular flexibility index (Phi) is 8.95. The van der Waals surface area contributed by atoms with Gasteiger partial charge < -0.3 is 10.2 Å². The molecule has 0 saturated heterocycles. The first-order valence-electron chi connectivity index (χ1n) is 8.28. The molecule has 0 heterocycles. The number of rotatable bonds is 10. The van der Waals surface area contributed by atoms with Crippen molar-refractivity contribution < 1.29 is 4.43 Å². The third-order valence-corrected chi connectivity index (χ3v) is 10.7. The predicted molar refractivity (Wildman–Crippen MR) is 93.6 cm³/mol. The van der Waals surface area contributed by atoms with Crippen LogP contribution < -0.4 is 5.73 Å². The highest BCUT2D eigenvalue weighted by molar-refractivity contribution is 6.77. The van der Waals surface area contributed by atoms with Crippen LogP contribution in [0.15, 0.2) is 12.7 Å². The Bertz CT molecular complexity index is 254. The van der Waals surface area contributed by atoms with Crippen molar-refractivity contribution in [2.45, 2.75) is 96.5 Å². The fourth-order valence-electron chi connectivity index (χ4n) is 3.66. The summed E-state index contributed by atoms with van der Waals surface area (Å²) in [5.74, 6) is 0. The molecule has 0 bridgehead atoms. The van der Waals surface area contributed by atoms with Crippen molar-refractivity contribution in [1.82, 2.24) is 0 Å². The van der Waals surface area contributed by atoms with E-state index in [4.69, 9.17) is 10.2 Å². The van der Waals surface area contributed by atoms with Crippen LogP contribution >= 0.6 is 0 Å². The SMILES string of the molecule is C=CC[C@H](O[Si](C(C)C)(C(C)C)C(C)C)[C@@H](N)CCC. The van der Waals surface area contributed by atoms with Crippen LogP contribution in [0.5, 0.6) is 0 Å². The second-order valence-corrected chi connectivity index (χ2v) is 12.4. The molecule has 20 heavy (non-hydrogen) atoms. The van der Waals surface area contributed by atoms with Crippen LogP contribution in [0.4, 0.5) is 0 Å². The highest BCUT2D eigenvalue weighted by Crippen LogP contribution is 2.43. The minimum atomic E-state index is -1.85. The molecule has 0 aliphatic carbocycles. The zero-order valence-electron chi connectivity index (χ0n) is 14.8. The largest absolute Gasteiger partial charge is 0.411 e. The lowest BCUT2D eigenvalue weighted by Crippen LogP contribution is -2.53. The number of hydrogen-bond acceptors (Lipinski definition) is 2. The highest BCUT2D eigenvalue weighted by Gasteiger charge is 2.47. The Morgan fingerprint density at radius 3 is 1.80 bits per heavy atom. The molecule has 0 aromatic carbocycles. The molecule has 0 radical (unpaired) electrons. The Morgan fingerprint density at radius 1 is 1.05 bits per heavy atom. The molecule has 0 unspecified atom stereocenters. The second-order valence-electron chi connectivity index (χ2n) is 6.95. The van der Waals surface area contributed by atoms with Gasteiger partial charge >= 0.3 is 0 Å². The summed E-state index contributed by atoms with van der Waals surface area (Å²) < 4.78 is 6.82. The molecule has 0 saturated carbocycles. The van der Waals surface area contributed by atoms with E-state index >= 15 is 0 Å². The molecule has 0 fully saturated rings. The monoisotopic (exact) mass is 299 g/mol. The maximum absolute atomic E-state index is 6.82. The molecule has 0 spiro atoms. The van der Waals surface area contributed by atoms with Crippen LogP contribution in [0.1, 0.15) is 67.7 Å². The van der Waals surface area contributed by atoms with E-state index in [0.29, 0.717) is 16.6 Å². The first-order valence-corrected chi connectivity index (χ1v) is 10.4. The zero-order valence-corrected chi connectivity index (χ0v) is 15.8. The Hall–Kier alpha value is -0.123. The third kappa shape index (κ3) is 4.71. The first kappa shape index (κ1) is 19.9. The van der Waals surface area contributed by atoms with E-state index < -0.39 is 8.32 Å². The van der Waals surface area contributed by atoms with Crippen molar-refractivity contribution in [3.8, 4) is 0 Å². The summed E-state index contributed by atoms with van der Waals surface area (Å²) in [6, 6.07) is 0.126. The average Bonchev–Trinajstić information content (AvgIpc) is 2.33. The number of hydrogen-bond donors (Lipinski definition) is 1. The summed E-state index contributed by atoms with van der Waals surface area (Å²) in [6.45, 7) is 20.0. The molecule has 3 heteroatoms. The van der Waals surface area contributed by atoms with Crippen molar-refractivity contribution in [1.29, 1.82) is 0 Å². The Labute approximate surface area is 128 Å². The molecule has 0 aliphatic heterocycles. The molecule has 2 N–H and O–H groups in total. The van der Waals surface area contributed by atoms with Gasteiger partial charge in [0.2, 0.25) is 8.32 Å². The summed E-state index contributed by atoms with van der Waals surface area (Å²) in [7, 11) is -1.85. The second kappa shape index (κ2) is 9.01. The van der Waals surface area contributed by atoms with E-state index in [1.54, 1.807) is 0 Å². The maximum Gasteiger partial charge on any atom is 0.200 e. The normalized spacial score (nSPS) is 15.9. The summed E-state index contributed by atoms with van der Waals surface area (Å²) in [4.78, 5) is 0. The van der Waals surface area contributed by atoms with Gasteiger partial charge in [0.1, 0.15) is 0 Å².